The Hall–Kier alpha value is -6.37. The lowest BCUT2D eigenvalue weighted by molar-refractivity contribution is -0.685. The van der Waals surface area contributed by atoms with E-state index in [-0.39, 0.29) is 0 Å². The Balaban J connectivity index is 0.000000600. The predicted molar refractivity (Wildman–Crippen MR) is 204 cm³/mol. The van der Waals surface area contributed by atoms with Gasteiger partial charge in [-0.15, -0.1) is 0 Å². The number of alkyl halides is 24. The number of hydrogen-bond acceptors (Lipinski definition) is 0. The number of allylic oxidation sites excluding steroid dienone is 1. The van der Waals surface area contributed by atoms with Crippen molar-refractivity contribution in [2.45, 2.75) is 56.0 Å². The fourth-order valence-corrected chi connectivity index (χ4v) is 7.51. The molecule has 0 fully saturated rings. The molecule has 0 spiro atoms. The van der Waals surface area contributed by atoms with Crippen LogP contribution in [0.5, 0.6) is 0 Å². The molecule has 0 N–H and O–H groups in total. The van der Waals surface area contributed by atoms with Crippen molar-refractivity contribution < 1.29 is 110 Å². The molecule has 0 amide bonds. The summed E-state index contributed by atoms with van der Waals surface area (Å²) in [6.07, 6.45) is -48.7. The van der Waals surface area contributed by atoms with Gasteiger partial charge >= 0.3 is 49.4 Å². The second-order valence-corrected chi connectivity index (χ2v) is 15.3. The zero-order valence-electron chi connectivity index (χ0n) is 34.1. The standard InChI is InChI=1S/C32H12BF24.C12H12N/c34-25(35,36)13-1-14(26(37,38)39)6-21(5-13)33(22-7-15(27(40,41)42)2-16(8-22)28(43,44)45,23-9-17(29(46,47)48)3-18(10-23)30(49,50)51)24-11-19(31(52,53)54)4-20(12-24)32(55,56)57;1-2-8-13-9-7-11-5-3-4-6-12(11)10-13/h1-12H;2-7,9-10H,1,8H2/q-1;+1. The first-order valence-corrected chi connectivity index (χ1v) is 19.0. The number of rotatable bonds is 6. The molecule has 0 unspecified atom stereocenters. The number of halogens is 24. The van der Waals surface area contributed by atoms with Crippen LogP contribution in [0.15, 0.2) is 128 Å². The highest BCUT2D eigenvalue weighted by Gasteiger charge is 2.47. The van der Waals surface area contributed by atoms with Crippen LogP contribution in [0.1, 0.15) is 44.5 Å². The number of fused-ring (bicyclic) bond motifs is 1. The van der Waals surface area contributed by atoms with Crippen LogP contribution in [0.3, 0.4) is 0 Å². The van der Waals surface area contributed by atoms with Crippen LogP contribution in [0.2, 0.25) is 0 Å². The molecule has 5 aromatic carbocycles. The Morgan fingerprint density at radius 3 is 0.786 bits per heavy atom. The molecule has 0 aliphatic carbocycles. The number of pyridine rings is 1. The second kappa shape index (κ2) is 18.4. The highest BCUT2D eigenvalue weighted by atomic mass is 19.4. The van der Waals surface area contributed by atoms with Crippen molar-refractivity contribution in [1.82, 2.24) is 0 Å². The summed E-state index contributed by atoms with van der Waals surface area (Å²) < 4.78 is 343. The molecule has 26 heteroatoms. The number of nitrogens with zero attached hydrogens (tertiary/aromatic N) is 1. The summed E-state index contributed by atoms with van der Waals surface area (Å²) in [5.74, 6) is 0. The maximum atomic E-state index is 14.2. The smallest absolute Gasteiger partial charge is 0.201 e. The van der Waals surface area contributed by atoms with Gasteiger partial charge in [0.15, 0.2) is 18.9 Å². The van der Waals surface area contributed by atoms with E-state index in [0.29, 0.717) is 0 Å². The lowest BCUT2D eigenvalue weighted by atomic mass is 9.12. The summed E-state index contributed by atoms with van der Waals surface area (Å²) in [4.78, 5) is 0. The monoisotopic (exact) mass is 1030 g/mol. The van der Waals surface area contributed by atoms with Gasteiger partial charge in [0, 0.05) is 11.5 Å². The summed E-state index contributed by atoms with van der Waals surface area (Å²) >= 11 is 0. The second-order valence-electron chi connectivity index (χ2n) is 15.3. The Morgan fingerprint density at radius 2 is 0.571 bits per heavy atom. The molecule has 1 nitrogen and oxygen atoms in total. The van der Waals surface area contributed by atoms with Gasteiger partial charge in [-0.2, -0.15) is 127 Å². The van der Waals surface area contributed by atoms with Gasteiger partial charge in [0.25, 0.3) is 0 Å². The molecule has 0 aliphatic rings. The first kappa shape index (κ1) is 54.6. The molecular weight excluding hydrogens is 1010 g/mol. The summed E-state index contributed by atoms with van der Waals surface area (Å²) in [5, 5.41) is 2.55. The molecule has 0 radical (unpaired) electrons. The summed E-state index contributed by atoms with van der Waals surface area (Å²) in [6, 6.07) is 1.66. The van der Waals surface area contributed by atoms with Gasteiger partial charge in [-0.1, -0.05) is 73.3 Å². The maximum absolute atomic E-state index is 14.2. The quantitative estimate of drug-likeness (QED) is 0.0677. The first-order chi connectivity index (χ1) is 31.7. The van der Waals surface area contributed by atoms with Crippen LogP contribution in [0.4, 0.5) is 105 Å². The van der Waals surface area contributed by atoms with Crippen molar-refractivity contribution in [2.75, 3.05) is 0 Å². The lowest BCUT2D eigenvalue weighted by Gasteiger charge is -2.46. The van der Waals surface area contributed by atoms with Crippen molar-refractivity contribution in [3.8, 4) is 0 Å². The highest BCUT2D eigenvalue weighted by Crippen LogP contribution is 2.41. The third-order valence-corrected chi connectivity index (χ3v) is 10.5. The molecule has 1 aromatic heterocycles. The fourth-order valence-electron chi connectivity index (χ4n) is 7.51. The van der Waals surface area contributed by atoms with E-state index in [1.54, 1.807) is 0 Å². The number of benzene rings is 5. The lowest BCUT2D eigenvalue weighted by Crippen LogP contribution is -2.75. The van der Waals surface area contributed by atoms with Crippen LogP contribution >= 0.6 is 0 Å². The molecule has 0 saturated carbocycles. The van der Waals surface area contributed by atoms with Crippen LogP contribution in [-0.2, 0) is 56.0 Å². The van der Waals surface area contributed by atoms with E-state index < -0.39 is 195 Å². The third kappa shape index (κ3) is 12.1. The average Bonchev–Trinajstić information content (AvgIpc) is 3.21. The van der Waals surface area contributed by atoms with Crippen LogP contribution in [0, 0.1) is 0 Å². The zero-order valence-corrected chi connectivity index (χ0v) is 34.1. The third-order valence-electron chi connectivity index (χ3n) is 10.5. The summed E-state index contributed by atoms with van der Waals surface area (Å²) in [6.45, 7) is 4.58. The van der Waals surface area contributed by atoms with E-state index in [0.717, 1.165) is 6.54 Å². The average molecular weight is 1030 g/mol. The van der Waals surface area contributed by atoms with Crippen LogP contribution in [0.25, 0.3) is 10.8 Å². The van der Waals surface area contributed by atoms with Gasteiger partial charge in [0.05, 0.1) is 44.5 Å². The molecule has 0 aliphatic heterocycles. The van der Waals surface area contributed by atoms with E-state index in [4.69, 9.17) is 0 Å². The van der Waals surface area contributed by atoms with Crippen LogP contribution in [-0.4, -0.2) is 6.15 Å². The van der Waals surface area contributed by atoms with Crippen molar-refractivity contribution >= 4 is 38.8 Å². The van der Waals surface area contributed by atoms with Crippen molar-refractivity contribution in [2.24, 2.45) is 0 Å². The summed E-state index contributed by atoms with van der Waals surface area (Å²) in [7, 11) is 0. The number of aromatic nitrogens is 1. The minimum atomic E-state index is -6.13. The molecule has 0 atom stereocenters. The van der Waals surface area contributed by atoms with Crippen LogP contribution < -0.4 is 26.4 Å². The molecule has 376 valence electrons. The van der Waals surface area contributed by atoms with Gasteiger partial charge in [0.1, 0.15) is 6.15 Å². The molecule has 1 heterocycles. The van der Waals surface area contributed by atoms with Gasteiger partial charge in [-0.05, 0) is 41.8 Å². The van der Waals surface area contributed by atoms with Crippen molar-refractivity contribution in [1.29, 1.82) is 0 Å². The van der Waals surface area contributed by atoms with Crippen molar-refractivity contribution in [3.63, 3.8) is 0 Å². The Kier molecular flexibility index (Phi) is 14.4. The SMILES string of the molecule is C=CC[n+]1ccc2ccccc2c1.FC(F)(F)c1cc([B-](c2cc(C(F)(F)F)cc(C(F)(F)F)c2)(c2cc(C(F)(F)F)cc(C(F)(F)F)c2)c2cc(C(F)(F)F)cc(C(F)(F)F)c2)cc(C(F)(F)F)c1. The Morgan fingerprint density at radius 1 is 0.343 bits per heavy atom. The number of hydrogen-bond donors (Lipinski definition) is 0. The topological polar surface area (TPSA) is 3.88 Å². The minimum absolute atomic E-state index is 0.691. The van der Waals surface area contributed by atoms with E-state index in [1.807, 2.05) is 6.08 Å². The van der Waals surface area contributed by atoms with Gasteiger partial charge in [-0.25, -0.2) is 4.57 Å². The predicted octanol–water partition coefficient (Wildman–Crippen LogP) is 13.5. The molecular formula is C44H24BF24N. The zero-order chi connectivity index (χ0) is 53.0. The maximum Gasteiger partial charge on any atom is 0.416 e. The highest BCUT2D eigenvalue weighted by molar-refractivity contribution is 7.20. The van der Waals surface area contributed by atoms with E-state index in [1.165, 1.54) is 10.8 Å². The fraction of sp³-hybridized carbons (Fsp3) is 0.205. The molecule has 70 heavy (non-hydrogen) atoms. The first-order valence-electron chi connectivity index (χ1n) is 19.0. The van der Waals surface area contributed by atoms with E-state index >= 15 is 0 Å². The molecule has 6 rings (SSSR count). The van der Waals surface area contributed by atoms with E-state index in [2.05, 4.69) is 53.9 Å². The summed E-state index contributed by atoms with van der Waals surface area (Å²) in [5.41, 5.74) is -30.2. The van der Waals surface area contributed by atoms with Crippen molar-refractivity contribution in [3.05, 3.63) is 173 Å². The van der Waals surface area contributed by atoms with Gasteiger partial charge in [-0.3, -0.25) is 0 Å². The Labute approximate surface area is 377 Å². The van der Waals surface area contributed by atoms with Gasteiger partial charge in [0.2, 0.25) is 0 Å². The molecule has 6 aromatic rings. The minimum Gasteiger partial charge on any atom is -0.201 e. The van der Waals surface area contributed by atoms with Gasteiger partial charge < -0.3 is 0 Å². The van der Waals surface area contributed by atoms with E-state index in [9.17, 15) is 105 Å². The molecule has 0 saturated heterocycles. The largest absolute Gasteiger partial charge is 0.416 e. The Bertz CT molecular complexity index is 2440. The normalized spacial score (nSPS) is 13.5. The molecule has 0 bridgehead atoms.